The smallest absolute Gasteiger partial charge is 0.273 e. The van der Waals surface area contributed by atoms with E-state index in [1.165, 1.54) is 10.9 Å². The summed E-state index contributed by atoms with van der Waals surface area (Å²) in [5.74, 6) is 0.122. The molecule has 0 aromatic carbocycles. The summed E-state index contributed by atoms with van der Waals surface area (Å²) >= 11 is 0. The molecule has 1 aromatic rings. The summed E-state index contributed by atoms with van der Waals surface area (Å²) < 4.78 is 12.3. The molecule has 0 saturated carbocycles. The van der Waals surface area contributed by atoms with Gasteiger partial charge in [-0.05, 0) is 0 Å². The van der Waals surface area contributed by atoms with Gasteiger partial charge in [-0.3, -0.25) is 13.7 Å². The lowest BCUT2D eigenvalue weighted by Crippen LogP contribution is -2.27. The summed E-state index contributed by atoms with van der Waals surface area (Å²) in [5.41, 5.74) is 5.58. The maximum atomic E-state index is 11.5. The van der Waals surface area contributed by atoms with Gasteiger partial charge < -0.3 is 11.1 Å². The Labute approximate surface area is 95.8 Å². The standard InChI is InChI=1S/C8H15N5O2S/c1-16(15)5-3-10-8(14)7-6-13(4-2-9)12-11-7/h6H,2-5,9H2,1H3,(H,10,14). The van der Waals surface area contributed by atoms with Crippen molar-refractivity contribution in [3.05, 3.63) is 11.9 Å². The number of nitrogens with two attached hydrogens (primary N) is 1. The molecule has 0 bridgehead atoms. The van der Waals surface area contributed by atoms with E-state index in [0.717, 1.165) is 0 Å². The Morgan fingerprint density at radius 1 is 1.69 bits per heavy atom. The van der Waals surface area contributed by atoms with E-state index >= 15 is 0 Å². The van der Waals surface area contributed by atoms with Gasteiger partial charge in [-0.2, -0.15) is 0 Å². The van der Waals surface area contributed by atoms with Gasteiger partial charge in [0.05, 0.1) is 12.7 Å². The van der Waals surface area contributed by atoms with Crippen molar-refractivity contribution in [3.63, 3.8) is 0 Å². The molecule has 1 atom stereocenters. The molecule has 1 amide bonds. The van der Waals surface area contributed by atoms with Gasteiger partial charge in [0.1, 0.15) is 0 Å². The fourth-order valence-electron chi connectivity index (χ4n) is 1.04. The predicted molar refractivity (Wildman–Crippen MR) is 60.3 cm³/mol. The molecule has 1 heterocycles. The molecular formula is C8H15N5O2S. The Balaban J connectivity index is 2.43. The number of carbonyl (C=O) groups excluding carboxylic acids is 1. The van der Waals surface area contributed by atoms with E-state index in [2.05, 4.69) is 15.6 Å². The maximum Gasteiger partial charge on any atom is 0.273 e. The van der Waals surface area contributed by atoms with Crippen molar-refractivity contribution >= 4 is 16.7 Å². The SMILES string of the molecule is CS(=O)CCNC(=O)c1cn(CCN)nn1. The zero-order chi connectivity index (χ0) is 12.0. The van der Waals surface area contributed by atoms with Crippen LogP contribution in [-0.2, 0) is 17.3 Å². The van der Waals surface area contributed by atoms with Crippen LogP contribution in [0.2, 0.25) is 0 Å². The van der Waals surface area contributed by atoms with Crippen LogP contribution in [0, 0.1) is 0 Å². The molecule has 1 aromatic heterocycles. The lowest BCUT2D eigenvalue weighted by molar-refractivity contribution is 0.0951. The van der Waals surface area contributed by atoms with Crippen LogP contribution in [-0.4, -0.2) is 50.2 Å². The van der Waals surface area contributed by atoms with E-state index < -0.39 is 10.8 Å². The highest BCUT2D eigenvalue weighted by Crippen LogP contribution is 1.92. The Morgan fingerprint density at radius 3 is 3.06 bits per heavy atom. The first-order valence-electron chi connectivity index (χ1n) is 4.82. The van der Waals surface area contributed by atoms with Gasteiger partial charge >= 0.3 is 0 Å². The highest BCUT2D eigenvalue weighted by Gasteiger charge is 2.09. The molecule has 0 aliphatic heterocycles. The fourth-order valence-corrected chi connectivity index (χ4v) is 1.43. The number of rotatable bonds is 6. The van der Waals surface area contributed by atoms with Gasteiger partial charge in [-0.1, -0.05) is 5.21 Å². The van der Waals surface area contributed by atoms with Crippen molar-refractivity contribution < 1.29 is 9.00 Å². The largest absolute Gasteiger partial charge is 0.350 e. The minimum atomic E-state index is -0.909. The lowest BCUT2D eigenvalue weighted by atomic mass is 10.4. The Morgan fingerprint density at radius 2 is 2.44 bits per heavy atom. The van der Waals surface area contributed by atoms with Crippen LogP contribution in [0.25, 0.3) is 0 Å². The minimum absolute atomic E-state index is 0.246. The number of nitrogens with one attached hydrogen (secondary N) is 1. The number of amides is 1. The van der Waals surface area contributed by atoms with E-state index in [9.17, 15) is 9.00 Å². The first kappa shape index (κ1) is 12.8. The summed E-state index contributed by atoms with van der Waals surface area (Å²) in [6.45, 7) is 1.34. The van der Waals surface area contributed by atoms with E-state index in [-0.39, 0.29) is 11.6 Å². The highest BCUT2D eigenvalue weighted by atomic mass is 32.2. The summed E-state index contributed by atoms with van der Waals surface area (Å²) in [5, 5.41) is 10.0. The van der Waals surface area contributed by atoms with Gasteiger partial charge in [0.2, 0.25) is 0 Å². The van der Waals surface area contributed by atoms with Gasteiger partial charge in [-0.25, -0.2) is 0 Å². The summed E-state index contributed by atoms with van der Waals surface area (Å²) in [6.07, 6.45) is 3.12. The van der Waals surface area contributed by atoms with Gasteiger partial charge in [-0.15, -0.1) is 5.10 Å². The molecule has 0 spiro atoms. The zero-order valence-electron chi connectivity index (χ0n) is 9.05. The summed E-state index contributed by atoms with van der Waals surface area (Å²) in [6, 6.07) is 0. The number of aromatic nitrogens is 3. The van der Waals surface area contributed by atoms with Crippen molar-refractivity contribution in [1.82, 2.24) is 20.3 Å². The van der Waals surface area contributed by atoms with Gasteiger partial charge in [0, 0.05) is 35.9 Å². The second-order valence-corrected chi connectivity index (χ2v) is 4.74. The van der Waals surface area contributed by atoms with Crippen molar-refractivity contribution in [1.29, 1.82) is 0 Å². The average Bonchev–Trinajstić information content (AvgIpc) is 2.66. The third-order valence-electron chi connectivity index (χ3n) is 1.80. The van der Waals surface area contributed by atoms with E-state index in [1.807, 2.05) is 0 Å². The molecule has 7 nitrogen and oxygen atoms in total. The van der Waals surface area contributed by atoms with Crippen LogP contribution in [0.4, 0.5) is 0 Å². The third-order valence-corrected chi connectivity index (χ3v) is 2.58. The molecule has 3 N–H and O–H groups in total. The van der Waals surface area contributed by atoms with Crippen LogP contribution in [0.3, 0.4) is 0 Å². The molecule has 8 heteroatoms. The van der Waals surface area contributed by atoms with Crippen LogP contribution in [0.15, 0.2) is 6.20 Å². The van der Waals surface area contributed by atoms with Crippen LogP contribution < -0.4 is 11.1 Å². The minimum Gasteiger partial charge on any atom is -0.350 e. The number of hydrogen-bond donors (Lipinski definition) is 2. The third kappa shape index (κ3) is 4.07. The fraction of sp³-hybridized carbons (Fsp3) is 0.625. The van der Waals surface area contributed by atoms with Gasteiger partial charge in [0.25, 0.3) is 5.91 Å². The Hall–Kier alpha value is -1.28. The predicted octanol–water partition coefficient (Wildman–Crippen LogP) is -1.65. The van der Waals surface area contributed by atoms with Crippen LogP contribution in [0.1, 0.15) is 10.5 Å². The lowest BCUT2D eigenvalue weighted by Gasteiger charge is -1.99. The second-order valence-electron chi connectivity index (χ2n) is 3.19. The Bertz CT molecular complexity index is 378. The monoisotopic (exact) mass is 245 g/mol. The van der Waals surface area contributed by atoms with Crippen molar-refractivity contribution in [3.8, 4) is 0 Å². The molecule has 0 fully saturated rings. The molecule has 90 valence electrons. The molecule has 0 radical (unpaired) electrons. The maximum absolute atomic E-state index is 11.5. The van der Waals surface area contributed by atoms with Gasteiger partial charge in [0.15, 0.2) is 5.69 Å². The Kier molecular flexibility index (Phi) is 5.06. The van der Waals surface area contributed by atoms with Crippen LogP contribution >= 0.6 is 0 Å². The molecule has 0 aliphatic rings. The first-order valence-corrected chi connectivity index (χ1v) is 6.54. The molecule has 0 saturated heterocycles. The van der Waals surface area contributed by atoms with Crippen molar-refractivity contribution in [2.45, 2.75) is 6.54 Å². The molecule has 1 unspecified atom stereocenters. The number of nitrogens with zero attached hydrogens (tertiary/aromatic N) is 3. The van der Waals surface area contributed by atoms with Crippen LogP contribution in [0.5, 0.6) is 0 Å². The molecular weight excluding hydrogens is 230 g/mol. The number of carbonyl (C=O) groups is 1. The first-order chi connectivity index (χ1) is 7.63. The average molecular weight is 245 g/mol. The summed E-state index contributed by atoms with van der Waals surface area (Å²) in [7, 11) is -0.909. The zero-order valence-corrected chi connectivity index (χ0v) is 9.87. The molecule has 1 rings (SSSR count). The van der Waals surface area contributed by atoms with Crippen molar-refractivity contribution in [2.75, 3.05) is 25.1 Å². The summed E-state index contributed by atoms with van der Waals surface area (Å²) in [4.78, 5) is 11.5. The highest BCUT2D eigenvalue weighted by molar-refractivity contribution is 7.84. The van der Waals surface area contributed by atoms with Crippen molar-refractivity contribution in [2.24, 2.45) is 5.73 Å². The quantitative estimate of drug-likeness (QED) is 0.624. The number of hydrogen-bond acceptors (Lipinski definition) is 5. The molecule has 0 aliphatic carbocycles. The van der Waals surface area contributed by atoms with E-state index in [0.29, 0.717) is 25.4 Å². The van der Waals surface area contributed by atoms with E-state index in [4.69, 9.17) is 5.73 Å². The normalized spacial score (nSPS) is 12.4. The topological polar surface area (TPSA) is 103 Å². The van der Waals surface area contributed by atoms with E-state index in [1.54, 1.807) is 6.26 Å². The molecule has 16 heavy (non-hydrogen) atoms. The second kappa shape index (κ2) is 6.33.